The minimum absolute atomic E-state index is 0.181. The molecule has 2 aromatic rings. The molecule has 14 heteroatoms. The Balaban J connectivity index is 0.00000108. The number of para-hydroxylation sites is 1. The number of ether oxygens (including phenoxy) is 1. The molecule has 1 fully saturated rings. The molecule has 1 aliphatic rings. The first kappa shape index (κ1) is 35.2. The second-order valence-electron chi connectivity index (χ2n) is 8.41. The summed E-state index contributed by atoms with van der Waals surface area (Å²) in [5, 5.41) is 10.0. The molecule has 1 aliphatic heterocycles. The van der Waals surface area contributed by atoms with Gasteiger partial charge in [0.1, 0.15) is 5.69 Å². The van der Waals surface area contributed by atoms with Gasteiger partial charge in [-0.1, -0.05) is 24.1 Å². The summed E-state index contributed by atoms with van der Waals surface area (Å²) in [6.07, 6.45) is 5.64. The van der Waals surface area contributed by atoms with Gasteiger partial charge in [-0.2, -0.15) is 0 Å². The summed E-state index contributed by atoms with van der Waals surface area (Å²) in [4.78, 5) is 35.6. The molecular formula is C27H42N10O3S. The smallest absolute Gasteiger partial charge is 0.230 e. The van der Waals surface area contributed by atoms with E-state index in [1.54, 1.807) is 12.4 Å². The lowest BCUT2D eigenvalue weighted by atomic mass is 10.1. The molecular weight excluding hydrogens is 544 g/mol. The van der Waals surface area contributed by atoms with Crippen molar-refractivity contribution in [3.8, 4) is 11.4 Å². The van der Waals surface area contributed by atoms with Crippen molar-refractivity contribution in [2.24, 2.45) is 15.0 Å². The fourth-order valence-electron chi connectivity index (χ4n) is 3.53. The number of carbonyl (C=O) groups is 1. The summed E-state index contributed by atoms with van der Waals surface area (Å²) in [6.45, 7) is 13.2. The molecule has 1 saturated heterocycles. The first-order valence-corrected chi connectivity index (χ1v) is 14.0. The molecule has 224 valence electrons. The molecule has 1 aromatic heterocycles. The third-order valence-corrected chi connectivity index (χ3v) is 5.69. The first-order chi connectivity index (χ1) is 19.9. The molecule has 0 spiro atoms. The second kappa shape index (κ2) is 21.0. The number of amides is 1. The maximum atomic E-state index is 8.81. The zero-order chi connectivity index (χ0) is 30.5. The summed E-state index contributed by atoms with van der Waals surface area (Å²) in [7, 11) is 5.74. The van der Waals surface area contributed by atoms with Gasteiger partial charge in [-0.25, -0.2) is 15.4 Å². The number of hydrogen-bond donors (Lipinski definition) is 4. The number of aliphatic imine (C=N–C) groups is 3. The fourth-order valence-corrected chi connectivity index (χ4v) is 3.93. The lowest BCUT2D eigenvalue weighted by Gasteiger charge is -2.30. The van der Waals surface area contributed by atoms with Gasteiger partial charge in [0.15, 0.2) is 17.5 Å². The van der Waals surface area contributed by atoms with Gasteiger partial charge in [-0.05, 0) is 52.2 Å². The third-order valence-electron chi connectivity index (χ3n) is 5.26. The van der Waals surface area contributed by atoms with Crippen LogP contribution in [-0.2, 0) is 9.53 Å². The van der Waals surface area contributed by atoms with E-state index in [0.29, 0.717) is 37.8 Å². The second-order valence-corrected chi connectivity index (χ2v) is 9.02. The zero-order valence-electron chi connectivity index (χ0n) is 24.5. The molecule has 1 amide bonds. The monoisotopic (exact) mass is 586 g/mol. The Morgan fingerprint density at radius 1 is 1.24 bits per heavy atom. The SMILES string of the molecule is C=N/C=C(/C)C=NCCN(C)c1nc(-c2ccccc2NSC)nc(N2CCOCC2)c1N=C.CNC.O=CNO. The van der Waals surface area contributed by atoms with Crippen molar-refractivity contribution in [1.82, 2.24) is 20.8 Å². The van der Waals surface area contributed by atoms with E-state index in [4.69, 9.17) is 24.7 Å². The maximum absolute atomic E-state index is 8.81. The molecule has 1 aromatic carbocycles. The van der Waals surface area contributed by atoms with Crippen molar-refractivity contribution in [2.75, 3.05) is 81.3 Å². The lowest BCUT2D eigenvalue weighted by molar-refractivity contribution is -0.116. The highest BCUT2D eigenvalue weighted by molar-refractivity contribution is 7.99. The van der Waals surface area contributed by atoms with Crippen LogP contribution in [0.1, 0.15) is 6.92 Å². The number of hydroxylamine groups is 1. The van der Waals surface area contributed by atoms with Gasteiger partial charge in [0.05, 0.1) is 25.4 Å². The van der Waals surface area contributed by atoms with Crippen molar-refractivity contribution >= 4 is 61.0 Å². The van der Waals surface area contributed by atoms with Crippen LogP contribution in [0.3, 0.4) is 0 Å². The summed E-state index contributed by atoms with van der Waals surface area (Å²) in [6, 6.07) is 8.03. The number of rotatable bonds is 12. The van der Waals surface area contributed by atoms with E-state index in [-0.39, 0.29) is 6.41 Å². The number of likely N-dealkylation sites (N-methyl/N-ethyl adjacent to an activating group) is 1. The number of carbonyl (C=O) groups excluding carboxylic acids is 1. The van der Waals surface area contributed by atoms with Gasteiger partial charge in [0.2, 0.25) is 6.41 Å². The standard InChI is InChI=1S/C24H32N8OS.C2H7N.CH3NO2/c1-18(16-25-2)17-27-10-11-31(4)23-21(26-3)24(32-12-14-33-15-13-32)29-22(28-23)19-8-6-7-9-20(19)30-34-5;1-3-2;3-1-2-4/h6-9,16-17,30H,2-3,10-15H2,1,4-5H3;3H,1-2H3;1,4H,(H,2,3)/b18-16-,27-17?;;. The van der Waals surface area contributed by atoms with Gasteiger partial charge in [0, 0.05) is 50.9 Å². The average molecular weight is 587 g/mol. The van der Waals surface area contributed by atoms with Crippen molar-refractivity contribution in [1.29, 1.82) is 0 Å². The Hall–Kier alpha value is -3.85. The van der Waals surface area contributed by atoms with Gasteiger partial charge in [0.25, 0.3) is 0 Å². The van der Waals surface area contributed by atoms with Crippen LogP contribution >= 0.6 is 11.9 Å². The van der Waals surface area contributed by atoms with Crippen molar-refractivity contribution < 1.29 is 14.7 Å². The van der Waals surface area contributed by atoms with Crippen LogP contribution in [0.2, 0.25) is 0 Å². The van der Waals surface area contributed by atoms with E-state index >= 15 is 0 Å². The number of aromatic nitrogens is 2. The van der Waals surface area contributed by atoms with Crippen LogP contribution in [-0.4, -0.2) is 108 Å². The molecule has 0 bridgehead atoms. The van der Waals surface area contributed by atoms with Crippen LogP contribution in [0.15, 0.2) is 51.0 Å². The highest BCUT2D eigenvalue weighted by Crippen LogP contribution is 2.38. The minimum Gasteiger partial charge on any atom is -0.378 e. The lowest BCUT2D eigenvalue weighted by Crippen LogP contribution is -2.37. The highest BCUT2D eigenvalue weighted by atomic mass is 32.2. The molecule has 0 unspecified atom stereocenters. The predicted molar refractivity (Wildman–Crippen MR) is 173 cm³/mol. The Labute approximate surface area is 247 Å². The Bertz CT molecular complexity index is 1140. The number of nitrogens with zero attached hydrogens (tertiary/aromatic N) is 7. The summed E-state index contributed by atoms with van der Waals surface area (Å²) in [5.74, 6) is 2.12. The van der Waals surface area contributed by atoms with Gasteiger partial charge in [-0.3, -0.25) is 25.0 Å². The number of allylic oxidation sites excluding steroid dienone is 1. The molecule has 3 rings (SSSR count). The van der Waals surface area contributed by atoms with Gasteiger partial charge >= 0.3 is 0 Å². The van der Waals surface area contributed by atoms with Crippen LogP contribution < -0.4 is 25.3 Å². The summed E-state index contributed by atoms with van der Waals surface area (Å²) < 4.78 is 8.89. The molecule has 0 saturated carbocycles. The fraction of sp³-hybridized carbons (Fsp3) is 0.407. The molecule has 0 radical (unpaired) electrons. The normalized spacial score (nSPS) is 12.8. The number of anilines is 3. The van der Waals surface area contributed by atoms with Gasteiger partial charge in [-0.15, -0.1) is 0 Å². The molecule has 2 heterocycles. The van der Waals surface area contributed by atoms with E-state index in [2.05, 4.69) is 43.4 Å². The maximum Gasteiger partial charge on any atom is 0.230 e. The highest BCUT2D eigenvalue weighted by Gasteiger charge is 2.24. The number of hydrogen-bond acceptors (Lipinski definition) is 13. The number of nitrogens with one attached hydrogen (secondary N) is 3. The Morgan fingerprint density at radius 2 is 1.90 bits per heavy atom. The topological polar surface area (TPSA) is 152 Å². The average Bonchev–Trinajstić information content (AvgIpc) is 3.00. The summed E-state index contributed by atoms with van der Waals surface area (Å²) in [5.41, 5.74) is 4.74. The van der Waals surface area contributed by atoms with E-state index in [9.17, 15) is 0 Å². The van der Waals surface area contributed by atoms with E-state index in [1.807, 2.05) is 63.5 Å². The quantitative estimate of drug-likeness (QED) is 0.0960. The third kappa shape index (κ3) is 12.0. The molecule has 41 heavy (non-hydrogen) atoms. The number of morpholine rings is 1. The molecule has 0 aliphatic carbocycles. The van der Waals surface area contributed by atoms with Crippen LogP contribution in [0.5, 0.6) is 0 Å². The largest absolute Gasteiger partial charge is 0.378 e. The zero-order valence-corrected chi connectivity index (χ0v) is 25.3. The Morgan fingerprint density at radius 3 is 2.49 bits per heavy atom. The van der Waals surface area contributed by atoms with Crippen LogP contribution in [0, 0.1) is 0 Å². The van der Waals surface area contributed by atoms with E-state index in [0.717, 1.165) is 41.5 Å². The minimum atomic E-state index is 0.181. The van der Waals surface area contributed by atoms with Crippen molar-refractivity contribution in [2.45, 2.75) is 6.92 Å². The predicted octanol–water partition coefficient (Wildman–Crippen LogP) is 3.07. The van der Waals surface area contributed by atoms with E-state index < -0.39 is 0 Å². The Kier molecular flexibility index (Phi) is 18.0. The number of benzene rings is 1. The van der Waals surface area contributed by atoms with Crippen LogP contribution in [0.25, 0.3) is 11.4 Å². The first-order valence-electron chi connectivity index (χ1n) is 12.8. The van der Waals surface area contributed by atoms with Crippen molar-refractivity contribution in [3.05, 3.63) is 36.0 Å². The van der Waals surface area contributed by atoms with Crippen molar-refractivity contribution in [3.63, 3.8) is 0 Å². The molecule has 0 atom stereocenters. The van der Waals surface area contributed by atoms with Crippen LogP contribution in [0.4, 0.5) is 23.0 Å². The summed E-state index contributed by atoms with van der Waals surface area (Å²) >= 11 is 1.53. The molecule has 13 nitrogen and oxygen atoms in total. The van der Waals surface area contributed by atoms with Gasteiger partial charge < -0.3 is 24.6 Å². The van der Waals surface area contributed by atoms with E-state index in [1.165, 1.54) is 17.4 Å². The molecule has 4 N–H and O–H groups in total.